The molecule has 0 saturated carbocycles. The summed E-state index contributed by atoms with van der Waals surface area (Å²) in [7, 11) is 0. The number of nitrogens with one attached hydrogen (secondary N) is 1. The summed E-state index contributed by atoms with van der Waals surface area (Å²) in [5.41, 5.74) is 1.38. The second-order valence-corrected chi connectivity index (χ2v) is 6.24. The number of hydrogen-bond acceptors (Lipinski definition) is 5. The van der Waals surface area contributed by atoms with Crippen LogP contribution in [0.25, 0.3) is 16.9 Å². The molecule has 3 aromatic rings. The number of ether oxygens (including phenoxy) is 1. The molecule has 1 amide bonds. The van der Waals surface area contributed by atoms with Gasteiger partial charge in [0.1, 0.15) is 23.4 Å². The molecule has 1 fully saturated rings. The maximum Gasteiger partial charge on any atom is 0.328 e. The number of cyclic esters (lactones) is 1. The maximum absolute atomic E-state index is 13.4. The fourth-order valence-corrected chi connectivity index (χ4v) is 2.88. The first-order valence-electron chi connectivity index (χ1n) is 8.46. The van der Waals surface area contributed by atoms with Crippen LogP contribution in [0.3, 0.4) is 0 Å². The summed E-state index contributed by atoms with van der Waals surface area (Å²) in [5, 5.41) is 10.5. The van der Waals surface area contributed by atoms with Gasteiger partial charge in [-0.2, -0.15) is 0 Å². The smallest absolute Gasteiger partial charge is 0.328 e. The van der Waals surface area contributed by atoms with Crippen molar-refractivity contribution in [1.82, 2.24) is 20.3 Å². The van der Waals surface area contributed by atoms with Crippen molar-refractivity contribution < 1.29 is 23.1 Å². The Morgan fingerprint density at radius 2 is 1.96 bits per heavy atom. The molecule has 0 radical (unpaired) electrons. The summed E-state index contributed by atoms with van der Waals surface area (Å²) in [6, 6.07) is 8.95. The fraction of sp³-hybridized carbons (Fsp3) is 0.158. The third-order valence-electron chi connectivity index (χ3n) is 4.27. The second-order valence-electron chi connectivity index (χ2n) is 6.24. The van der Waals surface area contributed by atoms with E-state index in [1.807, 2.05) is 0 Å². The fourth-order valence-electron chi connectivity index (χ4n) is 2.88. The molecule has 0 unspecified atom stereocenters. The summed E-state index contributed by atoms with van der Waals surface area (Å²) < 4.78 is 33.0. The molecule has 9 heteroatoms. The van der Waals surface area contributed by atoms with Gasteiger partial charge in [-0.15, -0.1) is 5.10 Å². The van der Waals surface area contributed by atoms with E-state index < -0.39 is 29.6 Å². The maximum atomic E-state index is 13.4. The average Bonchev–Trinajstić information content (AvgIpc) is 3.31. The van der Waals surface area contributed by atoms with Crippen molar-refractivity contribution in [2.24, 2.45) is 0 Å². The normalized spacial score (nSPS) is 16.1. The lowest BCUT2D eigenvalue weighted by Crippen LogP contribution is -2.37. The van der Waals surface area contributed by atoms with Crippen LogP contribution < -0.4 is 5.32 Å². The first-order valence-corrected chi connectivity index (χ1v) is 8.46. The first kappa shape index (κ1) is 17.8. The number of aromatic nitrogens is 3. The third kappa shape index (κ3) is 3.59. The van der Waals surface area contributed by atoms with Crippen LogP contribution in [-0.4, -0.2) is 39.5 Å². The van der Waals surface area contributed by atoms with E-state index in [-0.39, 0.29) is 17.9 Å². The Morgan fingerprint density at radius 3 is 2.68 bits per heavy atom. The Bertz CT molecular complexity index is 1050. The van der Waals surface area contributed by atoms with Gasteiger partial charge in [-0.3, -0.25) is 4.79 Å². The lowest BCUT2D eigenvalue weighted by Gasteiger charge is -2.09. The van der Waals surface area contributed by atoms with Gasteiger partial charge >= 0.3 is 5.97 Å². The van der Waals surface area contributed by atoms with E-state index in [1.54, 1.807) is 24.3 Å². The topological polar surface area (TPSA) is 86.1 Å². The quantitative estimate of drug-likeness (QED) is 0.698. The number of carbonyl (C=O) groups excluding carboxylic acids is 2. The Labute approximate surface area is 157 Å². The third-order valence-corrected chi connectivity index (χ3v) is 4.27. The second kappa shape index (κ2) is 7.18. The van der Waals surface area contributed by atoms with Crippen LogP contribution in [0.15, 0.2) is 48.7 Å². The molecule has 1 aromatic heterocycles. The lowest BCUT2D eigenvalue weighted by molar-refractivity contribution is -0.139. The summed E-state index contributed by atoms with van der Waals surface area (Å²) in [5.74, 6) is -2.30. The van der Waals surface area contributed by atoms with Crippen molar-refractivity contribution in [3.05, 3.63) is 65.9 Å². The predicted molar refractivity (Wildman–Crippen MR) is 93.5 cm³/mol. The number of amides is 1. The van der Waals surface area contributed by atoms with E-state index in [1.165, 1.54) is 10.9 Å². The van der Waals surface area contributed by atoms with Crippen LogP contribution in [-0.2, 0) is 9.53 Å². The number of benzene rings is 2. The van der Waals surface area contributed by atoms with Gasteiger partial charge in [-0.25, -0.2) is 18.3 Å². The van der Waals surface area contributed by atoms with Crippen LogP contribution in [0.5, 0.6) is 0 Å². The van der Waals surface area contributed by atoms with Crippen LogP contribution in [0.2, 0.25) is 0 Å². The molecule has 2 aromatic carbocycles. The highest BCUT2D eigenvalue weighted by atomic mass is 19.1. The van der Waals surface area contributed by atoms with E-state index in [9.17, 15) is 18.4 Å². The molecule has 1 aliphatic rings. The van der Waals surface area contributed by atoms with E-state index >= 15 is 0 Å². The molecule has 0 spiro atoms. The minimum absolute atomic E-state index is 0.248. The lowest BCUT2D eigenvalue weighted by atomic mass is 10.1. The highest BCUT2D eigenvalue weighted by Crippen LogP contribution is 2.20. The number of nitrogens with zero attached hydrogens (tertiary/aromatic N) is 3. The molecule has 1 N–H and O–H groups in total. The molecular formula is C19H14F2N4O3. The van der Waals surface area contributed by atoms with Gasteiger partial charge in [0.05, 0.1) is 18.5 Å². The Kier molecular flexibility index (Phi) is 4.56. The predicted octanol–water partition coefficient (Wildman–Crippen LogP) is 2.26. The van der Waals surface area contributed by atoms with Crippen molar-refractivity contribution >= 4 is 11.9 Å². The summed E-state index contributed by atoms with van der Waals surface area (Å²) in [6.07, 6.45) is 1.93. The number of carbonyl (C=O) groups is 2. The van der Waals surface area contributed by atoms with E-state index in [0.29, 0.717) is 17.7 Å². The molecule has 1 aliphatic heterocycles. The largest absolute Gasteiger partial charge is 0.464 e. The van der Waals surface area contributed by atoms with Gasteiger partial charge < -0.3 is 10.1 Å². The van der Waals surface area contributed by atoms with E-state index in [2.05, 4.69) is 15.6 Å². The highest BCUT2D eigenvalue weighted by molar-refractivity contribution is 5.97. The standard InChI is InChI=1S/C19H14F2N4O3/c20-13-6-12(7-14(21)9-13)17-10-25(24-23-17)15-3-1-2-11(8-15)18(26)22-16-4-5-28-19(16)27/h1-3,6-10,16H,4-5H2,(H,22,26)/t16-/m0/s1. The summed E-state index contributed by atoms with van der Waals surface area (Å²) in [4.78, 5) is 23.9. The minimum Gasteiger partial charge on any atom is -0.464 e. The van der Waals surface area contributed by atoms with Crippen molar-refractivity contribution in [2.45, 2.75) is 12.5 Å². The number of hydrogen-bond donors (Lipinski definition) is 1. The number of halogens is 2. The van der Waals surface area contributed by atoms with E-state index in [4.69, 9.17) is 4.74 Å². The number of rotatable bonds is 4. The van der Waals surface area contributed by atoms with Crippen molar-refractivity contribution in [2.75, 3.05) is 6.61 Å². The van der Waals surface area contributed by atoms with Crippen LogP contribution in [0.4, 0.5) is 8.78 Å². The summed E-state index contributed by atoms with van der Waals surface area (Å²) in [6.45, 7) is 0.284. The van der Waals surface area contributed by atoms with Crippen molar-refractivity contribution in [3.8, 4) is 16.9 Å². The zero-order chi connectivity index (χ0) is 19.7. The first-order chi connectivity index (χ1) is 13.5. The minimum atomic E-state index is -0.714. The van der Waals surface area contributed by atoms with Crippen LogP contribution >= 0.6 is 0 Å². The number of esters is 1. The van der Waals surface area contributed by atoms with Gasteiger partial charge in [0.2, 0.25) is 0 Å². The molecule has 1 saturated heterocycles. The zero-order valence-electron chi connectivity index (χ0n) is 14.4. The molecule has 0 bridgehead atoms. The Hall–Kier alpha value is -3.62. The van der Waals surface area contributed by atoms with Gasteiger partial charge in [-0.1, -0.05) is 11.3 Å². The molecule has 2 heterocycles. The van der Waals surface area contributed by atoms with Gasteiger partial charge in [-0.05, 0) is 30.3 Å². The van der Waals surface area contributed by atoms with Crippen molar-refractivity contribution in [1.29, 1.82) is 0 Å². The Morgan fingerprint density at radius 1 is 1.18 bits per heavy atom. The van der Waals surface area contributed by atoms with Gasteiger partial charge in [0.15, 0.2) is 0 Å². The molecule has 7 nitrogen and oxygen atoms in total. The Balaban J connectivity index is 1.57. The molecular weight excluding hydrogens is 370 g/mol. The van der Waals surface area contributed by atoms with Crippen LogP contribution in [0.1, 0.15) is 16.8 Å². The summed E-state index contributed by atoms with van der Waals surface area (Å²) >= 11 is 0. The van der Waals surface area contributed by atoms with Gasteiger partial charge in [0.25, 0.3) is 5.91 Å². The monoisotopic (exact) mass is 384 g/mol. The SMILES string of the molecule is O=C(N[C@H]1CCOC1=O)c1cccc(-n2cc(-c3cc(F)cc(F)c3)nn2)c1. The molecule has 28 heavy (non-hydrogen) atoms. The molecule has 142 valence electrons. The molecule has 1 atom stereocenters. The molecule has 0 aliphatic carbocycles. The van der Waals surface area contributed by atoms with Gasteiger partial charge in [0, 0.05) is 23.6 Å². The van der Waals surface area contributed by atoms with Crippen molar-refractivity contribution in [3.63, 3.8) is 0 Å². The molecule has 4 rings (SSSR count). The highest BCUT2D eigenvalue weighted by Gasteiger charge is 2.28. The van der Waals surface area contributed by atoms with Crippen LogP contribution in [0, 0.1) is 11.6 Å². The zero-order valence-corrected chi connectivity index (χ0v) is 14.4. The van der Waals surface area contributed by atoms with E-state index in [0.717, 1.165) is 18.2 Å². The average molecular weight is 384 g/mol.